The third kappa shape index (κ3) is 3.08. The summed E-state index contributed by atoms with van der Waals surface area (Å²) in [5.74, 6) is -0.456. The first kappa shape index (κ1) is 12.2. The van der Waals surface area contributed by atoms with Crippen LogP contribution in [0, 0.1) is 0 Å². The summed E-state index contributed by atoms with van der Waals surface area (Å²) >= 11 is 0. The highest BCUT2D eigenvalue weighted by atomic mass is 16.6. The molecule has 0 aliphatic heterocycles. The van der Waals surface area contributed by atoms with Gasteiger partial charge >= 0.3 is 6.09 Å². The van der Waals surface area contributed by atoms with Crippen molar-refractivity contribution < 1.29 is 14.3 Å². The molecule has 1 aromatic heterocycles. The summed E-state index contributed by atoms with van der Waals surface area (Å²) in [6.45, 7) is 5.21. The highest BCUT2D eigenvalue weighted by molar-refractivity contribution is 6.02. The Labute approximate surface area is 93.6 Å². The zero-order valence-electron chi connectivity index (χ0n) is 9.77. The monoisotopic (exact) mass is 225 g/mol. The van der Waals surface area contributed by atoms with Crippen molar-refractivity contribution in [2.45, 2.75) is 26.4 Å². The molecule has 6 nitrogen and oxygen atoms in total. The zero-order chi connectivity index (χ0) is 12.3. The summed E-state index contributed by atoms with van der Waals surface area (Å²) in [5, 5.41) is 6.14. The maximum Gasteiger partial charge on any atom is 0.417 e. The number of rotatable bonds is 1. The van der Waals surface area contributed by atoms with Crippen molar-refractivity contribution in [2.24, 2.45) is 0 Å². The summed E-state index contributed by atoms with van der Waals surface area (Å²) in [4.78, 5) is 24.2. The molecule has 0 saturated carbocycles. The van der Waals surface area contributed by atoms with Gasteiger partial charge in [0.2, 0.25) is 0 Å². The molecule has 0 aromatic carbocycles. The van der Waals surface area contributed by atoms with Crippen molar-refractivity contribution in [3.8, 4) is 0 Å². The van der Waals surface area contributed by atoms with Crippen LogP contribution in [0.2, 0.25) is 0 Å². The first-order valence-corrected chi connectivity index (χ1v) is 4.81. The molecule has 1 rings (SSSR count). The number of carbonyl (C=O) groups is 2. The van der Waals surface area contributed by atoms with Crippen LogP contribution in [0.25, 0.3) is 0 Å². The molecule has 0 bridgehead atoms. The van der Waals surface area contributed by atoms with Gasteiger partial charge in [-0.2, -0.15) is 5.10 Å². The average Bonchev–Trinajstić information content (AvgIpc) is 2.65. The number of hydrogen-bond acceptors (Lipinski definition) is 4. The standard InChI is InChI=1S/C10H15N3O3/c1-10(2,3)16-9(15)13(4)8(14)7-5-11-12-6-7/h5-6H,1-4H3,(H,11,12). The van der Waals surface area contributed by atoms with Crippen LogP contribution in [0.5, 0.6) is 0 Å². The Morgan fingerprint density at radius 1 is 1.44 bits per heavy atom. The van der Waals surface area contributed by atoms with Gasteiger partial charge in [0, 0.05) is 13.2 Å². The summed E-state index contributed by atoms with van der Waals surface area (Å²) in [6.07, 6.45) is 2.09. The first-order valence-electron chi connectivity index (χ1n) is 4.81. The molecule has 1 heterocycles. The van der Waals surface area contributed by atoms with Gasteiger partial charge < -0.3 is 4.74 Å². The number of nitrogens with one attached hydrogen (secondary N) is 1. The van der Waals surface area contributed by atoms with Gasteiger partial charge in [-0.1, -0.05) is 0 Å². The molecular formula is C10H15N3O3. The minimum Gasteiger partial charge on any atom is -0.443 e. The molecule has 88 valence electrons. The lowest BCUT2D eigenvalue weighted by Crippen LogP contribution is -2.37. The molecule has 0 radical (unpaired) electrons. The fourth-order valence-electron chi connectivity index (χ4n) is 0.975. The van der Waals surface area contributed by atoms with Crippen molar-refractivity contribution in [1.29, 1.82) is 0 Å². The van der Waals surface area contributed by atoms with Gasteiger partial charge in [0.05, 0.1) is 11.8 Å². The average molecular weight is 225 g/mol. The van der Waals surface area contributed by atoms with E-state index in [4.69, 9.17) is 4.74 Å². The summed E-state index contributed by atoms with van der Waals surface area (Å²) in [5.41, 5.74) is -0.310. The SMILES string of the molecule is CN(C(=O)OC(C)(C)C)C(=O)c1cn[nH]c1. The van der Waals surface area contributed by atoms with E-state index in [9.17, 15) is 9.59 Å². The lowest BCUT2D eigenvalue weighted by Gasteiger charge is -2.23. The molecule has 0 aliphatic carbocycles. The number of imide groups is 1. The first-order chi connectivity index (χ1) is 7.31. The molecule has 2 amide bonds. The van der Waals surface area contributed by atoms with Crippen LogP contribution in [-0.4, -0.2) is 39.7 Å². The number of hydrogen-bond donors (Lipinski definition) is 1. The number of carbonyl (C=O) groups excluding carboxylic acids is 2. The molecule has 0 saturated heterocycles. The summed E-state index contributed by atoms with van der Waals surface area (Å²) < 4.78 is 5.05. The number of aromatic amines is 1. The number of H-pyrrole nitrogens is 1. The third-order valence-electron chi connectivity index (χ3n) is 1.72. The second kappa shape index (κ2) is 4.34. The Kier molecular flexibility index (Phi) is 3.31. The van der Waals surface area contributed by atoms with Crippen molar-refractivity contribution in [2.75, 3.05) is 7.05 Å². The van der Waals surface area contributed by atoms with E-state index in [-0.39, 0.29) is 0 Å². The third-order valence-corrected chi connectivity index (χ3v) is 1.72. The fourth-order valence-corrected chi connectivity index (χ4v) is 0.975. The van der Waals surface area contributed by atoms with Crippen LogP contribution < -0.4 is 0 Å². The Morgan fingerprint density at radius 3 is 2.50 bits per heavy atom. The molecule has 0 unspecified atom stereocenters. The highest BCUT2D eigenvalue weighted by Crippen LogP contribution is 2.10. The van der Waals surface area contributed by atoms with E-state index in [0.29, 0.717) is 5.56 Å². The number of nitrogens with zero attached hydrogens (tertiary/aromatic N) is 2. The number of ether oxygens (including phenoxy) is 1. The van der Waals surface area contributed by atoms with Crippen LogP contribution in [0.4, 0.5) is 4.79 Å². The van der Waals surface area contributed by atoms with Crippen molar-refractivity contribution >= 4 is 12.0 Å². The second-order valence-corrected chi connectivity index (χ2v) is 4.33. The van der Waals surface area contributed by atoms with Crippen LogP contribution >= 0.6 is 0 Å². The largest absolute Gasteiger partial charge is 0.443 e. The van der Waals surface area contributed by atoms with E-state index >= 15 is 0 Å². The molecule has 1 N–H and O–H groups in total. The molecule has 0 atom stereocenters. The van der Waals surface area contributed by atoms with Crippen molar-refractivity contribution in [3.05, 3.63) is 18.0 Å². The summed E-state index contributed by atoms with van der Waals surface area (Å²) in [7, 11) is 1.36. The number of amides is 2. The topological polar surface area (TPSA) is 75.3 Å². The zero-order valence-corrected chi connectivity index (χ0v) is 9.77. The lowest BCUT2D eigenvalue weighted by molar-refractivity contribution is 0.0285. The molecule has 0 fully saturated rings. The Bertz CT molecular complexity index is 379. The highest BCUT2D eigenvalue weighted by Gasteiger charge is 2.24. The van der Waals surface area contributed by atoms with Crippen molar-refractivity contribution in [3.63, 3.8) is 0 Å². The predicted molar refractivity (Wildman–Crippen MR) is 56.9 cm³/mol. The van der Waals surface area contributed by atoms with E-state index in [1.54, 1.807) is 20.8 Å². The van der Waals surface area contributed by atoms with E-state index in [1.165, 1.54) is 19.4 Å². The van der Waals surface area contributed by atoms with Gasteiger partial charge in [-0.25, -0.2) is 9.69 Å². The molecule has 0 spiro atoms. The second-order valence-electron chi connectivity index (χ2n) is 4.33. The Balaban J connectivity index is 2.68. The minimum absolute atomic E-state index is 0.313. The van der Waals surface area contributed by atoms with Crippen LogP contribution in [0.15, 0.2) is 12.4 Å². The summed E-state index contributed by atoms with van der Waals surface area (Å²) in [6, 6.07) is 0. The van der Waals surface area contributed by atoms with E-state index in [2.05, 4.69) is 10.2 Å². The molecule has 0 aliphatic rings. The minimum atomic E-state index is -0.682. The predicted octanol–water partition coefficient (Wildman–Crippen LogP) is 1.42. The van der Waals surface area contributed by atoms with Gasteiger partial charge in [0.25, 0.3) is 5.91 Å². The van der Waals surface area contributed by atoms with E-state index in [1.807, 2.05) is 0 Å². The molecule has 1 aromatic rings. The van der Waals surface area contributed by atoms with E-state index in [0.717, 1.165) is 4.90 Å². The maximum absolute atomic E-state index is 11.7. The molecule has 16 heavy (non-hydrogen) atoms. The smallest absolute Gasteiger partial charge is 0.417 e. The van der Waals surface area contributed by atoms with E-state index < -0.39 is 17.6 Å². The van der Waals surface area contributed by atoms with Crippen molar-refractivity contribution in [1.82, 2.24) is 15.1 Å². The van der Waals surface area contributed by atoms with Gasteiger partial charge in [-0.3, -0.25) is 9.89 Å². The van der Waals surface area contributed by atoms with Gasteiger partial charge in [-0.15, -0.1) is 0 Å². The van der Waals surface area contributed by atoms with Gasteiger partial charge in [0.15, 0.2) is 0 Å². The van der Waals surface area contributed by atoms with Crippen LogP contribution in [0.1, 0.15) is 31.1 Å². The normalized spacial score (nSPS) is 11.0. The Morgan fingerprint density at radius 2 is 2.06 bits per heavy atom. The Hall–Kier alpha value is -1.85. The molecular weight excluding hydrogens is 210 g/mol. The molecule has 6 heteroatoms. The van der Waals surface area contributed by atoms with Crippen LogP contribution in [0.3, 0.4) is 0 Å². The van der Waals surface area contributed by atoms with Gasteiger partial charge in [0.1, 0.15) is 5.60 Å². The van der Waals surface area contributed by atoms with Crippen LogP contribution in [-0.2, 0) is 4.74 Å². The number of aromatic nitrogens is 2. The fraction of sp³-hybridized carbons (Fsp3) is 0.500. The maximum atomic E-state index is 11.7. The van der Waals surface area contributed by atoms with Gasteiger partial charge in [-0.05, 0) is 20.8 Å². The lowest BCUT2D eigenvalue weighted by atomic mass is 10.2. The quantitative estimate of drug-likeness (QED) is 0.784.